The second-order valence-corrected chi connectivity index (χ2v) is 7.12. The molecule has 16 heavy (non-hydrogen) atoms. The molecule has 1 heteroatoms. The highest BCUT2D eigenvalue weighted by Gasteiger charge is 2.50. The molecule has 0 amide bonds. The summed E-state index contributed by atoms with van der Waals surface area (Å²) in [7, 11) is 6.72. The Labute approximate surface area is 100 Å². The van der Waals surface area contributed by atoms with E-state index in [1.807, 2.05) is 0 Å². The number of hydrogen-bond acceptors (Lipinski definition) is 0. The molecule has 3 aliphatic rings. The fraction of sp³-hybridized carbons (Fsp3) is 0.733. The number of rotatable bonds is 3. The van der Waals surface area contributed by atoms with Crippen molar-refractivity contribution in [3.8, 4) is 0 Å². The fourth-order valence-corrected chi connectivity index (χ4v) is 3.09. The van der Waals surface area contributed by atoms with Crippen molar-refractivity contribution >= 4 is 0 Å². The number of allylic oxidation sites excluding steroid dienone is 3. The Morgan fingerprint density at radius 2 is 2.06 bits per heavy atom. The van der Waals surface area contributed by atoms with Gasteiger partial charge in [0, 0.05) is 0 Å². The van der Waals surface area contributed by atoms with Crippen LogP contribution in [0.25, 0.3) is 0 Å². The molecule has 3 rings (SSSR count). The summed E-state index contributed by atoms with van der Waals surface area (Å²) in [5.74, 6) is 1.78. The van der Waals surface area contributed by atoms with Crippen LogP contribution in [0.1, 0.15) is 26.7 Å². The maximum absolute atomic E-state index is 2.47. The molecule has 0 aromatic heterocycles. The van der Waals surface area contributed by atoms with Crippen molar-refractivity contribution in [1.82, 2.24) is 0 Å². The summed E-state index contributed by atoms with van der Waals surface area (Å²) in [4.78, 5) is 0. The van der Waals surface area contributed by atoms with Gasteiger partial charge in [0.25, 0.3) is 0 Å². The second kappa shape index (κ2) is 3.73. The molecule has 0 aromatic rings. The van der Waals surface area contributed by atoms with Crippen LogP contribution in [-0.2, 0) is 0 Å². The van der Waals surface area contributed by atoms with Gasteiger partial charge in [-0.05, 0) is 41.7 Å². The summed E-state index contributed by atoms with van der Waals surface area (Å²) in [6, 6.07) is 0. The monoisotopic (exact) mass is 220 g/mol. The zero-order valence-electron chi connectivity index (χ0n) is 11.5. The summed E-state index contributed by atoms with van der Waals surface area (Å²) in [6.45, 7) is 5.99. The molecule has 1 fully saturated rings. The van der Waals surface area contributed by atoms with Gasteiger partial charge in [-0.15, -0.1) is 0 Å². The van der Waals surface area contributed by atoms with Crippen molar-refractivity contribution in [1.29, 1.82) is 0 Å². The van der Waals surface area contributed by atoms with Crippen molar-refractivity contribution in [3.63, 3.8) is 0 Å². The van der Waals surface area contributed by atoms with Crippen LogP contribution < -0.4 is 0 Å². The zero-order valence-corrected chi connectivity index (χ0v) is 11.5. The van der Waals surface area contributed by atoms with E-state index in [0.717, 1.165) is 22.9 Å². The first-order chi connectivity index (χ1) is 7.31. The summed E-state index contributed by atoms with van der Waals surface area (Å²) >= 11 is 0. The Morgan fingerprint density at radius 1 is 1.38 bits per heavy atom. The molecule has 2 bridgehead atoms. The van der Waals surface area contributed by atoms with E-state index in [-0.39, 0.29) is 0 Å². The maximum Gasteiger partial charge on any atom is 0.0970 e. The average Bonchev–Trinajstić information content (AvgIpc) is 2.15. The lowest BCUT2D eigenvalue weighted by atomic mass is 9.49. The lowest BCUT2D eigenvalue weighted by Gasteiger charge is -2.56. The van der Waals surface area contributed by atoms with E-state index in [1.165, 1.54) is 12.8 Å². The lowest BCUT2D eigenvalue weighted by Crippen LogP contribution is -2.47. The van der Waals surface area contributed by atoms with Crippen LogP contribution in [0.2, 0.25) is 0 Å². The summed E-state index contributed by atoms with van der Waals surface area (Å²) in [5, 5.41) is 0. The topological polar surface area (TPSA) is 0 Å². The molecule has 2 atom stereocenters. The Balaban J connectivity index is 1.99. The van der Waals surface area contributed by atoms with Crippen molar-refractivity contribution < 1.29 is 4.48 Å². The van der Waals surface area contributed by atoms with Gasteiger partial charge in [-0.3, -0.25) is 0 Å². The third kappa shape index (κ3) is 2.10. The summed E-state index contributed by atoms with van der Waals surface area (Å²) in [6.07, 6.45) is 9.92. The van der Waals surface area contributed by atoms with Crippen molar-refractivity contribution in [3.05, 3.63) is 23.8 Å². The van der Waals surface area contributed by atoms with Gasteiger partial charge >= 0.3 is 0 Å². The third-order valence-electron chi connectivity index (χ3n) is 4.47. The van der Waals surface area contributed by atoms with E-state index in [0.29, 0.717) is 5.41 Å². The number of hydrogen-bond donors (Lipinski definition) is 0. The van der Waals surface area contributed by atoms with Crippen LogP contribution in [0.15, 0.2) is 23.8 Å². The van der Waals surface area contributed by atoms with Crippen molar-refractivity contribution in [2.24, 2.45) is 17.3 Å². The molecule has 0 aliphatic heterocycles. The molecular formula is C15H26N+. The van der Waals surface area contributed by atoms with E-state index in [4.69, 9.17) is 0 Å². The van der Waals surface area contributed by atoms with Crippen LogP contribution in [-0.4, -0.2) is 32.2 Å². The predicted molar refractivity (Wildman–Crippen MR) is 70.1 cm³/mol. The van der Waals surface area contributed by atoms with E-state index in [2.05, 4.69) is 53.2 Å². The Morgan fingerprint density at radius 3 is 2.56 bits per heavy atom. The minimum atomic E-state index is 0.561. The largest absolute Gasteiger partial charge is 0.328 e. The molecule has 0 spiro atoms. The molecule has 1 nitrogen and oxygen atoms in total. The molecule has 0 radical (unpaired) electrons. The molecule has 3 aliphatic carbocycles. The predicted octanol–water partition coefficient (Wildman–Crippen LogP) is 3.24. The average molecular weight is 220 g/mol. The first-order valence-corrected chi connectivity index (χ1v) is 6.48. The van der Waals surface area contributed by atoms with Crippen LogP contribution in [0.5, 0.6) is 0 Å². The summed E-state index contributed by atoms with van der Waals surface area (Å²) < 4.78 is 1.01. The molecule has 1 saturated carbocycles. The standard InChI is InChI=1S/C15H26N/c1-15(2)13-9-8-12(14(15)11-13)7-6-10-16(3,4)5/h6-8,13-14H,9-11H2,1-5H3/q+1/b7-6+/t13-,14+/m0/s1. The smallest absolute Gasteiger partial charge is 0.0970 e. The SMILES string of the molecule is CC1(C)[C@H]2CC=C(/C=C/C[N+](C)(C)C)[C@H]1C2. The van der Waals surface area contributed by atoms with Gasteiger partial charge in [-0.25, -0.2) is 0 Å². The van der Waals surface area contributed by atoms with Crippen LogP contribution >= 0.6 is 0 Å². The molecule has 90 valence electrons. The van der Waals surface area contributed by atoms with Crippen LogP contribution in [0.4, 0.5) is 0 Å². The first kappa shape index (κ1) is 11.9. The van der Waals surface area contributed by atoms with Crippen LogP contribution in [0.3, 0.4) is 0 Å². The quantitative estimate of drug-likeness (QED) is 0.641. The van der Waals surface area contributed by atoms with Gasteiger partial charge in [-0.2, -0.15) is 0 Å². The number of fused-ring (bicyclic) bond motifs is 1. The number of likely N-dealkylation sites (N-methyl/N-ethyl adjacent to an activating group) is 1. The van der Waals surface area contributed by atoms with Crippen molar-refractivity contribution in [2.45, 2.75) is 26.7 Å². The Hall–Kier alpha value is -0.560. The van der Waals surface area contributed by atoms with Gasteiger partial charge in [-0.1, -0.05) is 26.0 Å². The van der Waals surface area contributed by atoms with E-state index < -0.39 is 0 Å². The third-order valence-corrected chi connectivity index (χ3v) is 4.47. The lowest BCUT2D eigenvalue weighted by molar-refractivity contribution is -0.864. The van der Waals surface area contributed by atoms with Gasteiger partial charge in [0.1, 0.15) is 0 Å². The maximum atomic E-state index is 2.47. The van der Waals surface area contributed by atoms with Gasteiger partial charge in [0.05, 0.1) is 27.7 Å². The minimum absolute atomic E-state index is 0.561. The highest BCUT2D eigenvalue weighted by atomic mass is 15.3. The summed E-state index contributed by atoms with van der Waals surface area (Å²) in [5.41, 5.74) is 2.16. The highest BCUT2D eigenvalue weighted by Crippen LogP contribution is 2.59. The minimum Gasteiger partial charge on any atom is -0.328 e. The van der Waals surface area contributed by atoms with Gasteiger partial charge in [0.15, 0.2) is 0 Å². The van der Waals surface area contributed by atoms with E-state index >= 15 is 0 Å². The zero-order chi connectivity index (χ0) is 12.0. The van der Waals surface area contributed by atoms with Gasteiger partial charge < -0.3 is 4.48 Å². The normalized spacial score (nSPS) is 32.4. The van der Waals surface area contributed by atoms with E-state index in [9.17, 15) is 0 Å². The number of nitrogens with zero attached hydrogens (tertiary/aromatic N) is 1. The van der Waals surface area contributed by atoms with Crippen LogP contribution in [0, 0.1) is 17.3 Å². The number of quaternary nitrogens is 1. The molecule has 0 heterocycles. The second-order valence-electron chi connectivity index (χ2n) is 7.12. The molecule has 0 unspecified atom stereocenters. The molecule has 0 N–H and O–H groups in total. The van der Waals surface area contributed by atoms with E-state index in [1.54, 1.807) is 5.57 Å². The van der Waals surface area contributed by atoms with Crippen molar-refractivity contribution in [2.75, 3.05) is 27.7 Å². The Bertz CT molecular complexity index is 328. The molecular weight excluding hydrogens is 194 g/mol. The first-order valence-electron chi connectivity index (χ1n) is 6.48. The highest BCUT2D eigenvalue weighted by molar-refractivity contribution is 5.31. The van der Waals surface area contributed by atoms with Gasteiger partial charge in [0.2, 0.25) is 0 Å². The fourth-order valence-electron chi connectivity index (χ4n) is 3.09. The molecule has 0 aromatic carbocycles. The molecule has 0 saturated heterocycles. The Kier molecular flexibility index (Phi) is 2.78.